The highest BCUT2D eigenvalue weighted by atomic mass is 16.5. The summed E-state index contributed by atoms with van der Waals surface area (Å²) in [4.78, 5) is 2.31. The molecule has 0 heterocycles. The van der Waals surface area contributed by atoms with Crippen molar-refractivity contribution in [3.05, 3.63) is 35.4 Å². The minimum atomic E-state index is 0.542. The van der Waals surface area contributed by atoms with Gasteiger partial charge in [-0.25, -0.2) is 0 Å². The zero-order valence-electron chi connectivity index (χ0n) is 12.2. The van der Waals surface area contributed by atoms with E-state index in [1.165, 1.54) is 30.4 Å². The number of hydrogen-bond acceptors (Lipinski definition) is 3. The van der Waals surface area contributed by atoms with Crippen LogP contribution in [-0.4, -0.2) is 45.3 Å². The summed E-state index contributed by atoms with van der Waals surface area (Å²) in [5.41, 5.74) is 3.03. The first-order valence-electron chi connectivity index (χ1n) is 7.30. The van der Waals surface area contributed by atoms with E-state index in [0.29, 0.717) is 6.04 Å². The summed E-state index contributed by atoms with van der Waals surface area (Å²) in [6.07, 6.45) is 3.80. The summed E-state index contributed by atoms with van der Waals surface area (Å²) in [7, 11) is 3.90. The molecule has 0 spiro atoms. The minimum absolute atomic E-state index is 0.542. The Kier molecular flexibility index (Phi) is 5.83. The maximum absolute atomic E-state index is 5.09. The van der Waals surface area contributed by atoms with Crippen molar-refractivity contribution in [2.45, 2.75) is 25.3 Å². The Bertz CT molecular complexity index is 381. The second-order valence-electron chi connectivity index (χ2n) is 5.39. The van der Waals surface area contributed by atoms with Crippen molar-refractivity contribution < 1.29 is 4.74 Å². The zero-order valence-corrected chi connectivity index (χ0v) is 12.2. The summed E-state index contributed by atoms with van der Waals surface area (Å²) < 4.78 is 5.09. The standard InChI is InChI=1S/C16H26N2O/c1-18(12-13-19-2)11-10-17-16-9-5-7-14-6-3-4-8-15(14)16/h3-4,6,8,16-17H,5,7,9-13H2,1-2H3. The molecule has 1 atom stereocenters. The van der Waals surface area contributed by atoms with E-state index < -0.39 is 0 Å². The van der Waals surface area contributed by atoms with Crippen molar-refractivity contribution in [1.82, 2.24) is 10.2 Å². The van der Waals surface area contributed by atoms with Gasteiger partial charge in [-0.05, 0) is 37.4 Å². The molecule has 19 heavy (non-hydrogen) atoms. The number of fused-ring (bicyclic) bond motifs is 1. The van der Waals surface area contributed by atoms with Gasteiger partial charge >= 0.3 is 0 Å². The molecule has 3 nitrogen and oxygen atoms in total. The molecule has 106 valence electrons. The molecule has 1 unspecified atom stereocenters. The van der Waals surface area contributed by atoms with Gasteiger partial charge < -0.3 is 15.0 Å². The molecule has 0 amide bonds. The van der Waals surface area contributed by atoms with Gasteiger partial charge in [-0.3, -0.25) is 0 Å². The van der Waals surface area contributed by atoms with E-state index in [4.69, 9.17) is 4.74 Å². The molecule has 0 aliphatic heterocycles. The number of rotatable bonds is 7. The van der Waals surface area contributed by atoms with Crippen LogP contribution in [0.15, 0.2) is 24.3 Å². The Morgan fingerprint density at radius 1 is 1.32 bits per heavy atom. The van der Waals surface area contributed by atoms with Gasteiger partial charge in [0.25, 0.3) is 0 Å². The Balaban J connectivity index is 1.78. The van der Waals surface area contributed by atoms with Crippen molar-refractivity contribution in [3.63, 3.8) is 0 Å². The number of nitrogens with one attached hydrogen (secondary N) is 1. The molecule has 0 saturated carbocycles. The van der Waals surface area contributed by atoms with Gasteiger partial charge in [-0.1, -0.05) is 24.3 Å². The molecule has 0 radical (unpaired) electrons. The molecule has 0 bridgehead atoms. The monoisotopic (exact) mass is 262 g/mol. The fourth-order valence-corrected chi connectivity index (χ4v) is 2.75. The van der Waals surface area contributed by atoms with Crippen molar-refractivity contribution >= 4 is 0 Å². The third-order valence-corrected chi connectivity index (χ3v) is 3.93. The van der Waals surface area contributed by atoms with E-state index in [9.17, 15) is 0 Å². The molecule has 1 aromatic rings. The van der Waals surface area contributed by atoms with Crippen LogP contribution in [0.3, 0.4) is 0 Å². The smallest absolute Gasteiger partial charge is 0.0589 e. The van der Waals surface area contributed by atoms with Crippen LogP contribution in [0.25, 0.3) is 0 Å². The molecule has 1 aliphatic rings. The minimum Gasteiger partial charge on any atom is -0.383 e. The van der Waals surface area contributed by atoms with E-state index in [2.05, 4.69) is 41.5 Å². The first-order chi connectivity index (χ1) is 9.31. The van der Waals surface area contributed by atoms with Crippen molar-refractivity contribution in [3.8, 4) is 0 Å². The predicted octanol–water partition coefficient (Wildman–Crippen LogP) is 2.23. The second-order valence-corrected chi connectivity index (χ2v) is 5.39. The highest BCUT2D eigenvalue weighted by molar-refractivity contribution is 5.32. The maximum atomic E-state index is 5.09. The Morgan fingerprint density at radius 3 is 3.00 bits per heavy atom. The lowest BCUT2D eigenvalue weighted by atomic mass is 9.88. The van der Waals surface area contributed by atoms with Gasteiger partial charge in [-0.15, -0.1) is 0 Å². The van der Waals surface area contributed by atoms with Crippen LogP contribution in [0.4, 0.5) is 0 Å². The van der Waals surface area contributed by atoms with Crippen LogP contribution in [0.2, 0.25) is 0 Å². The molecule has 0 saturated heterocycles. The third-order valence-electron chi connectivity index (χ3n) is 3.93. The summed E-state index contributed by atoms with van der Waals surface area (Å²) in [6, 6.07) is 9.40. The number of aryl methyl sites for hydroxylation is 1. The van der Waals surface area contributed by atoms with E-state index >= 15 is 0 Å². The molecule has 1 N–H and O–H groups in total. The van der Waals surface area contributed by atoms with Crippen molar-refractivity contribution in [2.75, 3.05) is 40.4 Å². The molecule has 1 aliphatic carbocycles. The van der Waals surface area contributed by atoms with Crippen LogP contribution in [0.1, 0.15) is 30.0 Å². The predicted molar refractivity (Wildman–Crippen MR) is 79.5 cm³/mol. The number of hydrogen-bond donors (Lipinski definition) is 1. The average Bonchev–Trinajstić information content (AvgIpc) is 2.45. The maximum Gasteiger partial charge on any atom is 0.0589 e. The Hall–Kier alpha value is -0.900. The van der Waals surface area contributed by atoms with Gasteiger partial charge in [0.2, 0.25) is 0 Å². The van der Waals surface area contributed by atoms with Gasteiger partial charge in [0, 0.05) is 32.8 Å². The summed E-state index contributed by atoms with van der Waals surface area (Å²) in [5.74, 6) is 0. The molecule has 2 rings (SSSR count). The SMILES string of the molecule is COCCN(C)CCNC1CCCc2ccccc21. The van der Waals surface area contributed by atoms with Crippen LogP contribution in [-0.2, 0) is 11.2 Å². The first-order valence-corrected chi connectivity index (χ1v) is 7.30. The number of nitrogens with zero attached hydrogens (tertiary/aromatic N) is 1. The normalized spacial score (nSPS) is 18.6. The van der Waals surface area contributed by atoms with Crippen LogP contribution < -0.4 is 5.32 Å². The largest absolute Gasteiger partial charge is 0.383 e. The highest BCUT2D eigenvalue weighted by Gasteiger charge is 2.18. The zero-order chi connectivity index (χ0) is 13.5. The molecule has 0 aromatic heterocycles. The van der Waals surface area contributed by atoms with Crippen LogP contribution in [0.5, 0.6) is 0 Å². The fourth-order valence-electron chi connectivity index (χ4n) is 2.75. The summed E-state index contributed by atoms with van der Waals surface area (Å²) in [5, 5.41) is 3.70. The molecular formula is C16H26N2O. The van der Waals surface area contributed by atoms with Gasteiger partial charge in [0.15, 0.2) is 0 Å². The molecule has 1 aromatic carbocycles. The van der Waals surface area contributed by atoms with E-state index in [1.807, 2.05) is 0 Å². The second kappa shape index (κ2) is 7.63. The van der Waals surface area contributed by atoms with Gasteiger partial charge in [-0.2, -0.15) is 0 Å². The fraction of sp³-hybridized carbons (Fsp3) is 0.625. The van der Waals surface area contributed by atoms with Crippen LogP contribution in [0, 0.1) is 0 Å². The molecule has 0 fully saturated rings. The summed E-state index contributed by atoms with van der Waals surface area (Å²) >= 11 is 0. The lowest BCUT2D eigenvalue weighted by Gasteiger charge is -2.27. The lowest BCUT2D eigenvalue weighted by molar-refractivity contribution is 0.161. The van der Waals surface area contributed by atoms with E-state index in [1.54, 1.807) is 7.11 Å². The number of likely N-dealkylation sites (N-methyl/N-ethyl adjacent to an activating group) is 1. The van der Waals surface area contributed by atoms with Gasteiger partial charge in [0.1, 0.15) is 0 Å². The quantitative estimate of drug-likeness (QED) is 0.815. The summed E-state index contributed by atoms with van der Waals surface area (Å²) in [6.45, 7) is 3.92. The van der Waals surface area contributed by atoms with Crippen LogP contribution >= 0.6 is 0 Å². The van der Waals surface area contributed by atoms with E-state index in [-0.39, 0.29) is 0 Å². The Labute approximate surface area is 116 Å². The van der Waals surface area contributed by atoms with Crippen molar-refractivity contribution in [1.29, 1.82) is 0 Å². The molecular weight excluding hydrogens is 236 g/mol. The van der Waals surface area contributed by atoms with Gasteiger partial charge in [0.05, 0.1) is 6.61 Å². The van der Waals surface area contributed by atoms with E-state index in [0.717, 1.165) is 26.2 Å². The third kappa shape index (κ3) is 4.30. The van der Waals surface area contributed by atoms with Crippen molar-refractivity contribution in [2.24, 2.45) is 0 Å². The lowest BCUT2D eigenvalue weighted by Crippen LogP contribution is -2.34. The number of benzene rings is 1. The first kappa shape index (κ1) is 14.5. The average molecular weight is 262 g/mol. The Morgan fingerprint density at radius 2 is 2.16 bits per heavy atom. The number of methoxy groups -OCH3 is 1. The topological polar surface area (TPSA) is 24.5 Å². The highest BCUT2D eigenvalue weighted by Crippen LogP contribution is 2.29. The molecule has 3 heteroatoms. The number of ether oxygens (including phenoxy) is 1.